The van der Waals surface area contributed by atoms with Crippen LogP contribution in [0.4, 0.5) is 0 Å². The van der Waals surface area contributed by atoms with E-state index in [9.17, 15) is 10.2 Å². The van der Waals surface area contributed by atoms with E-state index in [0.29, 0.717) is 0 Å². The van der Waals surface area contributed by atoms with Crippen LogP contribution in [0.2, 0.25) is 0 Å². The number of aliphatic hydroxyl groups excluding tert-OH is 2. The lowest BCUT2D eigenvalue weighted by molar-refractivity contribution is -0.496. The SMILES string of the molecule is CCOC1(OCC)C(O)C=CC(OCC)(C2(C3(OCC)C=CC(O)C(OCC)(OCC)C3(OCC)OCC)c3ccccc3-c3ccccc32)C1(OCC)OCC. The summed E-state index contributed by atoms with van der Waals surface area (Å²) < 4.78 is 70.4. The molecule has 57 heavy (non-hydrogen) atoms. The van der Waals surface area contributed by atoms with Crippen molar-refractivity contribution in [3.63, 3.8) is 0 Å². The number of hydrogen-bond acceptors (Lipinski definition) is 12. The van der Waals surface area contributed by atoms with E-state index >= 15 is 0 Å². The lowest BCUT2D eigenvalue weighted by Crippen LogP contribution is -2.90. The molecule has 0 amide bonds. The predicted molar refractivity (Wildman–Crippen MR) is 216 cm³/mol. The Hall–Kier alpha value is -2.56. The Kier molecular flexibility index (Phi) is 14.7. The second-order valence-electron chi connectivity index (χ2n) is 13.8. The number of benzene rings is 2. The number of hydrogen-bond donors (Lipinski definition) is 2. The van der Waals surface area contributed by atoms with Crippen LogP contribution in [-0.4, -0.2) is 123 Å². The van der Waals surface area contributed by atoms with E-state index in [0.717, 1.165) is 22.3 Å². The van der Waals surface area contributed by atoms with Crippen LogP contribution in [0.5, 0.6) is 0 Å². The van der Waals surface area contributed by atoms with E-state index in [1.807, 2.05) is 118 Å². The molecule has 0 heterocycles. The van der Waals surface area contributed by atoms with Crippen molar-refractivity contribution in [2.24, 2.45) is 0 Å². The Labute approximate surface area is 339 Å². The van der Waals surface area contributed by atoms with Gasteiger partial charge in [0.25, 0.3) is 23.1 Å². The fourth-order valence-corrected chi connectivity index (χ4v) is 10.2. The maximum Gasteiger partial charge on any atom is 0.262 e. The van der Waals surface area contributed by atoms with E-state index in [2.05, 4.69) is 12.1 Å². The second-order valence-corrected chi connectivity index (χ2v) is 13.8. The zero-order chi connectivity index (χ0) is 41.6. The summed E-state index contributed by atoms with van der Waals surface area (Å²) in [7, 11) is 0. The van der Waals surface area contributed by atoms with Gasteiger partial charge in [-0.25, -0.2) is 0 Å². The van der Waals surface area contributed by atoms with Crippen LogP contribution in [-0.2, 0) is 52.8 Å². The highest BCUT2D eigenvalue weighted by molar-refractivity contribution is 5.84. The van der Waals surface area contributed by atoms with Crippen molar-refractivity contribution < 1.29 is 57.6 Å². The minimum absolute atomic E-state index is 0.0801. The lowest BCUT2D eigenvalue weighted by atomic mass is 9.47. The van der Waals surface area contributed by atoms with Gasteiger partial charge >= 0.3 is 0 Å². The fraction of sp³-hybridized carbons (Fsp3) is 0.644. The summed E-state index contributed by atoms with van der Waals surface area (Å²) in [4.78, 5) is 0. The van der Waals surface area contributed by atoms with Crippen LogP contribution in [0, 0.1) is 0 Å². The Balaban J connectivity index is 2.25. The molecule has 0 aromatic heterocycles. The number of aliphatic hydroxyl groups is 2. The molecule has 4 unspecified atom stereocenters. The normalized spacial score (nSPS) is 27.3. The zero-order valence-corrected chi connectivity index (χ0v) is 35.6. The summed E-state index contributed by atoms with van der Waals surface area (Å²) in [6.45, 7) is 19.5. The largest absolute Gasteiger partial charge is 0.383 e. The first-order chi connectivity index (χ1) is 27.6. The molecule has 0 radical (unpaired) electrons. The molecule has 12 nitrogen and oxygen atoms in total. The number of ether oxygens (including phenoxy) is 10. The predicted octanol–water partition coefficient (Wildman–Crippen LogP) is 6.44. The number of rotatable bonds is 22. The van der Waals surface area contributed by atoms with Gasteiger partial charge in [0, 0.05) is 66.1 Å². The van der Waals surface area contributed by atoms with Gasteiger partial charge in [-0.3, -0.25) is 0 Å². The number of fused-ring (bicyclic) bond motifs is 3. The Morgan fingerprint density at radius 2 is 0.684 bits per heavy atom. The first-order valence-electron chi connectivity index (χ1n) is 20.9. The Morgan fingerprint density at radius 3 is 0.965 bits per heavy atom. The van der Waals surface area contributed by atoms with Crippen LogP contribution < -0.4 is 0 Å². The molecule has 318 valence electrons. The average molecular weight is 799 g/mol. The van der Waals surface area contributed by atoms with E-state index in [4.69, 9.17) is 47.4 Å². The standard InChI is InChI=1S/C45H66O12/c1-11-48-39(31-29-37(46)42(50-13-3,51-14-4)44(39,54-17-7)55-18-8)41(35-27-23-21-25-33(35)34-26-22-24-28-36(34)41)40(49-12-2)32-30-38(47)43(52-15-5,53-16-6)45(40,56-19-9)57-20-10/h21-32,37-38,46-47H,11-20H2,1-10H3. The Bertz CT molecular complexity index is 1530. The molecule has 12 heteroatoms. The molecule has 2 aromatic rings. The maximum atomic E-state index is 12.4. The molecule has 0 bridgehead atoms. The molecular formula is C45H66O12. The van der Waals surface area contributed by atoms with Crippen LogP contribution >= 0.6 is 0 Å². The quantitative estimate of drug-likeness (QED) is 0.100. The van der Waals surface area contributed by atoms with Gasteiger partial charge < -0.3 is 57.6 Å². The van der Waals surface area contributed by atoms with Gasteiger partial charge in [0.05, 0.1) is 5.41 Å². The van der Waals surface area contributed by atoms with Gasteiger partial charge in [0.15, 0.2) is 11.2 Å². The van der Waals surface area contributed by atoms with Crippen molar-refractivity contribution in [1.82, 2.24) is 0 Å². The summed E-state index contributed by atoms with van der Waals surface area (Å²) in [5.41, 5.74) is -2.37. The van der Waals surface area contributed by atoms with Gasteiger partial charge in [-0.1, -0.05) is 60.7 Å². The highest BCUT2D eigenvalue weighted by Gasteiger charge is 2.89. The first kappa shape index (κ1) is 45.5. The molecule has 0 fully saturated rings. The van der Waals surface area contributed by atoms with Crippen LogP contribution in [0.15, 0.2) is 72.8 Å². The molecule has 0 spiro atoms. The first-order valence-corrected chi connectivity index (χ1v) is 20.9. The third kappa shape index (κ3) is 6.01. The lowest BCUT2D eigenvalue weighted by Gasteiger charge is -2.70. The molecule has 5 rings (SSSR count). The topological polar surface area (TPSA) is 133 Å². The molecule has 0 saturated heterocycles. The summed E-state index contributed by atoms with van der Waals surface area (Å²) in [6.07, 6.45) is 4.07. The molecule has 2 aromatic carbocycles. The minimum Gasteiger partial charge on any atom is -0.383 e. The maximum absolute atomic E-state index is 12.4. The third-order valence-corrected chi connectivity index (χ3v) is 11.3. The van der Waals surface area contributed by atoms with E-state index in [1.54, 1.807) is 12.2 Å². The zero-order valence-electron chi connectivity index (χ0n) is 35.6. The smallest absolute Gasteiger partial charge is 0.262 e. The van der Waals surface area contributed by atoms with Crippen LogP contribution in [0.1, 0.15) is 80.4 Å². The summed E-state index contributed by atoms with van der Waals surface area (Å²) in [5.74, 6) is -8.31. The highest BCUT2D eigenvalue weighted by atomic mass is 16.8. The Morgan fingerprint density at radius 1 is 0.404 bits per heavy atom. The van der Waals surface area contributed by atoms with Crippen molar-refractivity contribution in [1.29, 1.82) is 0 Å². The third-order valence-electron chi connectivity index (χ3n) is 11.3. The van der Waals surface area contributed by atoms with E-state index < -0.39 is 52.0 Å². The van der Waals surface area contributed by atoms with E-state index in [1.165, 1.54) is 0 Å². The summed E-state index contributed by atoms with van der Waals surface area (Å²) in [5, 5.41) is 24.8. The van der Waals surface area contributed by atoms with Crippen LogP contribution in [0.25, 0.3) is 11.1 Å². The molecular weight excluding hydrogens is 732 g/mol. The van der Waals surface area contributed by atoms with Gasteiger partial charge in [0.2, 0.25) is 0 Å². The molecule has 4 atom stereocenters. The van der Waals surface area contributed by atoms with Crippen molar-refractivity contribution in [2.45, 2.75) is 121 Å². The molecule has 0 saturated carbocycles. The van der Waals surface area contributed by atoms with Crippen molar-refractivity contribution in [2.75, 3.05) is 66.1 Å². The van der Waals surface area contributed by atoms with Crippen LogP contribution in [0.3, 0.4) is 0 Å². The van der Waals surface area contributed by atoms with Gasteiger partial charge in [-0.2, -0.15) is 0 Å². The monoisotopic (exact) mass is 798 g/mol. The van der Waals surface area contributed by atoms with Crippen molar-refractivity contribution in [3.8, 4) is 11.1 Å². The summed E-state index contributed by atoms with van der Waals surface area (Å²) in [6, 6.07) is 16.1. The molecule has 3 aliphatic rings. The van der Waals surface area contributed by atoms with Gasteiger partial charge in [-0.05, 0) is 104 Å². The minimum atomic E-state index is -2.12. The summed E-state index contributed by atoms with van der Waals surface area (Å²) >= 11 is 0. The fourth-order valence-electron chi connectivity index (χ4n) is 10.2. The second kappa shape index (κ2) is 18.4. The van der Waals surface area contributed by atoms with E-state index in [-0.39, 0.29) is 66.1 Å². The molecule has 2 N–H and O–H groups in total. The molecule has 0 aliphatic heterocycles. The highest BCUT2D eigenvalue weighted by Crippen LogP contribution is 2.72. The van der Waals surface area contributed by atoms with Crippen molar-refractivity contribution >= 4 is 0 Å². The van der Waals surface area contributed by atoms with Crippen molar-refractivity contribution in [3.05, 3.63) is 84.0 Å². The van der Waals surface area contributed by atoms with Gasteiger partial charge in [0.1, 0.15) is 12.2 Å². The molecule has 3 aliphatic carbocycles. The van der Waals surface area contributed by atoms with Gasteiger partial charge in [-0.15, -0.1) is 0 Å². The average Bonchev–Trinajstić information content (AvgIpc) is 3.51.